The van der Waals surface area contributed by atoms with Crippen LogP contribution in [0.2, 0.25) is 5.02 Å². The van der Waals surface area contributed by atoms with E-state index in [0.717, 1.165) is 0 Å². The largest absolute Gasteiger partial charge is 0.288 e. The molecule has 0 spiro atoms. The number of nitro groups is 2. The molecular weight excluding hydrogens is 284 g/mol. The molecule has 0 bridgehead atoms. The van der Waals surface area contributed by atoms with Crippen molar-refractivity contribution >= 4 is 23.0 Å². The third kappa shape index (κ3) is 2.60. The van der Waals surface area contributed by atoms with Gasteiger partial charge in [0, 0.05) is 17.7 Å². The summed E-state index contributed by atoms with van der Waals surface area (Å²) < 4.78 is 0. The molecule has 0 saturated heterocycles. The van der Waals surface area contributed by atoms with E-state index in [1.807, 2.05) is 0 Å². The fourth-order valence-electron chi connectivity index (χ4n) is 1.82. The van der Waals surface area contributed by atoms with Gasteiger partial charge in [0.25, 0.3) is 11.4 Å². The molecule has 0 N–H and O–H groups in total. The van der Waals surface area contributed by atoms with E-state index in [2.05, 4.69) is 0 Å². The molecule has 0 aromatic heterocycles. The summed E-state index contributed by atoms with van der Waals surface area (Å²) in [6.07, 6.45) is 0. The maximum atomic E-state index is 10.9. The van der Waals surface area contributed by atoms with Crippen LogP contribution in [0.25, 0.3) is 11.1 Å². The highest BCUT2D eigenvalue weighted by Gasteiger charge is 2.16. The standard InChI is InChI=1S/C13H9ClN2O4/c1-8-2-3-9(6-12(8)15(17)18)10-4-5-11(14)13(7-10)16(19)20/h2-7H,1H3. The summed E-state index contributed by atoms with van der Waals surface area (Å²) >= 11 is 5.74. The van der Waals surface area contributed by atoms with Crippen molar-refractivity contribution in [2.75, 3.05) is 0 Å². The molecule has 6 nitrogen and oxygen atoms in total. The van der Waals surface area contributed by atoms with E-state index in [-0.39, 0.29) is 16.4 Å². The normalized spacial score (nSPS) is 10.3. The number of nitrogens with zero attached hydrogens (tertiary/aromatic N) is 2. The summed E-state index contributed by atoms with van der Waals surface area (Å²) in [4.78, 5) is 20.7. The second-order valence-electron chi connectivity index (χ2n) is 4.18. The molecule has 0 saturated carbocycles. The lowest BCUT2D eigenvalue weighted by Crippen LogP contribution is -1.93. The Kier molecular flexibility index (Phi) is 3.67. The minimum absolute atomic E-state index is 0.0277. The molecular formula is C13H9ClN2O4. The number of hydrogen-bond donors (Lipinski definition) is 0. The summed E-state index contributed by atoms with van der Waals surface area (Å²) in [7, 11) is 0. The molecule has 0 amide bonds. The molecule has 0 aliphatic rings. The first-order valence-corrected chi connectivity index (χ1v) is 5.97. The zero-order valence-corrected chi connectivity index (χ0v) is 11.1. The van der Waals surface area contributed by atoms with E-state index < -0.39 is 9.85 Å². The number of hydrogen-bond acceptors (Lipinski definition) is 4. The van der Waals surface area contributed by atoms with Crippen molar-refractivity contribution in [2.45, 2.75) is 6.92 Å². The van der Waals surface area contributed by atoms with Crippen LogP contribution in [0, 0.1) is 27.2 Å². The monoisotopic (exact) mass is 292 g/mol. The first-order chi connectivity index (χ1) is 9.40. The topological polar surface area (TPSA) is 86.3 Å². The Morgan fingerprint density at radius 3 is 1.95 bits per heavy atom. The van der Waals surface area contributed by atoms with Gasteiger partial charge in [0.05, 0.1) is 9.85 Å². The van der Waals surface area contributed by atoms with Crippen LogP contribution < -0.4 is 0 Å². The van der Waals surface area contributed by atoms with Crippen LogP contribution >= 0.6 is 11.6 Å². The van der Waals surface area contributed by atoms with Crippen LogP contribution in [0.15, 0.2) is 36.4 Å². The first kappa shape index (κ1) is 14.0. The van der Waals surface area contributed by atoms with E-state index in [4.69, 9.17) is 11.6 Å². The highest BCUT2D eigenvalue weighted by molar-refractivity contribution is 6.32. The van der Waals surface area contributed by atoms with Gasteiger partial charge in [-0.25, -0.2) is 0 Å². The summed E-state index contributed by atoms with van der Waals surface area (Å²) in [6.45, 7) is 1.63. The Labute approximate surface area is 118 Å². The van der Waals surface area contributed by atoms with Crippen molar-refractivity contribution in [3.63, 3.8) is 0 Å². The van der Waals surface area contributed by atoms with E-state index >= 15 is 0 Å². The van der Waals surface area contributed by atoms with Gasteiger partial charge in [0.2, 0.25) is 0 Å². The average Bonchev–Trinajstić information content (AvgIpc) is 2.39. The summed E-state index contributed by atoms with van der Waals surface area (Å²) in [5.74, 6) is 0. The van der Waals surface area contributed by atoms with Crippen molar-refractivity contribution in [2.24, 2.45) is 0 Å². The second kappa shape index (κ2) is 5.26. The molecule has 0 fully saturated rings. The number of rotatable bonds is 3. The van der Waals surface area contributed by atoms with Crippen LogP contribution in [-0.4, -0.2) is 9.85 Å². The Hall–Kier alpha value is -2.47. The average molecular weight is 293 g/mol. The van der Waals surface area contributed by atoms with Gasteiger partial charge < -0.3 is 0 Å². The Morgan fingerprint density at radius 1 is 0.900 bits per heavy atom. The molecule has 0 aliphatic carbocycles. The molecule has 2 rings (SSSR count). The van der Waals surface area contributed by atoms with E-state index in [1.165, 1.54) is 18.2 Å². The summed E-state index contributed by atoms with van der Waals surface area (Å²) in [5.41, 5.74) is 1.31. The molecule has 0 radical (unpaired) electrons. The van der Waals surface area contributed by atoms with E-state index in [1.54, 1.807) is 25.1 Å². The van der Waals surface area contributed by atoms with Gasteiger partial charge in [-0.1, -0.05) is 29.8 Å². The van der Waals surface area contributed by atoms with Crippen LogP contribution in [0.4, 0.5) is 11.4 Å². The molecule has 2 aromatic carbocycles. The molecule has 7 heteroatoms. The van der Waals surface area contributed by atoms with Gasteiger partial charge in [0.1, 0.15) is 5.02 Å². The van der Waals surface area contributed by atoms with E-state index in [9.17, 15) is 20.2 Å². The highest BCUT2D eigenvalue weighted by atomic mass is 35.5. The lowest BCUT2D eigenvalue weighted by molar-refractivity contribution is -0.385. The Bertz CT molecular complexity index is 654. The minimum Gasteiger partial charge on any atom is -0.258 e. The molecule has 0 aliphatic heterocycles. The van der Waals surface area contributed by atoms with Crippen molar-refractivity contribution in [1.82, 2.24) is 0 Å². The van der Waals surface area contributed by atoms with Gasteiger partial charge in [-0.05, 0) is 24.1 Å². The number of nitro benzene ring substituents is 2. The summed E-state index contributed by atoms with van der Waals surface area (Å²) in [5, 5.41) is 21.8. The minimum atomic E-state index is -0.589. The highest BCUT2D eigenvalue weighted by Crippen LogP contribution is 2.32. The zero-order valence-electron chi connectivity index (χ0n) is 10.4. The molecule has 0 unspecified atom stereocenters. The smallest absolute Gasteiger partial charge is 0.258 e. The van der Waals surface area contributed by atoms with Crippen molar-refractivity contribution in [3.8, 4) is 11.1 Å². The number of benzene rings is 2. The van der Waals surface area contributed by atoms with Gasteiger partial charge in [-0.3, -0.25) is 20.2 Å². The van der Waals surface area contributed by atoms with Crippen molar-refractivity contribution in [1.29, 1.82) is 0 Å². The van der Waals surface area contributed by atoms with E-state index in [0.29, 0.717) is 16.7 Å². The van der Waals surface area contributed by atoms with Crippen LogP contribution in [0.3, 0.4) is 0 Å². The molecule has 2 aromatic rings. The maximum Gasteiger partial charge on any atom is 0.288 e. The van der Waals surface area contributed by atoms with Gasteiger partial charge in [-0.2, -0.15) is 0 Å². The van der Waals surface area contributed by atoms with Crippen LogP contribution in [-0.2, 0) is 0 Å². The Balaban J connectivity index is 2.57. The molecule has 102 valence electrons. The van der Waals surface area contributed by atoms with Crippen molar-refractivity contribution < 1.29 is 9.85 Å². The first-order valence-electron chi connectivity index (χ1n) is 5.59. The number of halogens is 1. The van der Waals surface area contributed by atoms with Crippen molar-refractivity contribution in [3.05, 3.63) is 67.2 Å². The number of aryl methyl sites for hydroxylation is 1. The quantitative estimate of drug-likeness (QED) is 0.628. The maximum absolute atomic E-state index is 10.9. The second-order valence-corrected chi connectivity index (χ2v) is 4.59. The zero-order chi connectivity index (χ0) is 14.9. The lowest BCUT2D eigenvalue weighted by atomic mass is 10.0. The predicted octanol–water partition coefficient (Wildman–Crippen LogP) is 4.13. The fraction of sp³-hybridized carbons (Fsp3) is 0.0769. The van der Waals surface area contributed by atoms with Gasteiger partial charge in [0.15, 0.2) is 0 Å². The molecule has 20 heavy (non-hydrogen) atoms. The molecule has 0 heterocycles. The lowest BCUT2D eigenvalue weighted by Gasteiger charge is -2.04. The van der Waals surface area contributed by atoms with Gasteiger partial charge in [-0.15, -0.1) is 0 Å². The third-order valence-corrected chi connectivity index (χ3v) is 3.20. The molecule has 0 atom stereocenters. The van der Waals surface area contributed by atoms with Crippen LogP contribution in [0.5, 0.6) is 0 Å². The van der Waals surface area contributed by atoms with Gasteiger partial charge >= 0.3 is 0 Å². The SMILES string of the molecule is Cc1ccc(-c2ccc(Cl)c([N+](=O)[O-])c2)cc1[N+](=O)[O-]. The fourth-order valence-corrected chi connectivity index (χ4v) is 2.00. The van der Waals surface area contributed by atoms with Crippen LogP contribution in [0.1, 0.15) is 5.56 Å². The third-order valence-electron chi connectivity index (χ3n) is 2.88. The predicted molar refractivity (Wildman–Crippen MR) is 74.9 cm³/mol. The Morgan fingerprint density at radius 2 is 1.40 bits per heavy atom. The summed E-state index contributed by atoms with van der Waals surface area (Å²) in [6, 6.07) is 8.96.